The van der Waals surface area contributed by atoms with Gasteiger partial charge in [-0.15, -0.1) is 0 Å². The topological polar surface area (TPSA) is 126 Å². The van der Waals surface area contributed by atoms with Gasteiger partial charge in [0, 0.05) is 24.4 Å². The molecular weight excluding hydrogens is 509 g/mol. The first-order valence-corrected chi connectivity index (χ1v) is 12.9. The zero-order valence-electron chi connectivity index (χ0n) is 21.5. The predicted octanol–water partition coefficient (Wildman–Crippen LogP) is 3.06. The quantitative estimate of drug-likeness (QED) is 0.312. The van der Waals surface area contributed by atoms with Gasteiger partial charge in [0.1, 0.15) is 6.04 Å². The number of hydrogen-bond acceptors (Lipinski definition) is 6. The van der Waals surface area contributed by atoms with Crippen LogP contribution < -0.4 is 22.1 Å². The molecule has 6 N–H and O–H groups in total. The molecule has 2 amide bonds. The molecule has 0 aliphatic carbocycles. The average molecular weight is 543 g/mol. The van der Waals surface area contributed by atoms with Crippen molar-refractivity contribution >= 4 is 28.4 Å². The minimum atomic E-state index is -4.47. The normalized spacial score (nSPS) is 17.6. The summed E-state index contributed by atoms with van der Waals surface area (Å²) in [7, 11) is 0. The average Bonchev–Trinajstić information content (AvgIpc) is 3.32. The van der Waals surface area contributed by atoms with Gasteiger partial charge in [0.2, 0.25) is 11.8 Å². The number of carbonyl (C=O) groups is 2. The van der Waals surface area contributed by atoms with Crippen LogP contribution >= 0.6 is 0 Å². The van der Waals surface area contributed by atoms with E-state index in [1.807, 2.05) is 24.3 Å². The highest BCUT2D eigenvalue weighted by Crippen LogP contribution is 2.29. The highest BCUT2D eigenvalue weighted by molar-refractivity contribution is 5.99. The number of likely N-dealkylation sites (tertiary alicyclic amines) is 1. The fraction of sp³-hybridized carbons (Fsp3) is 0.393. The minimum Gasteiger partial charge on any atom is -0.343 e. The summed E-state index contributed by atoms with van der Waals surface area (Å²) in [6.45, 7) is 2.52. The Balaban J connectivity index is 1.43. The molecule has 1 aromatic heterocycles. The molecule has 208 valence electrons. The molecule has 2 aromatic carbocycles. The molecule has 3 atom stereocenters. The smallest absolute Gasteiger partial charge is 0.343 e. The van der Waals surface area contributed by atoms with E-state index in [-0.39, 0.29) is 12.5 Å². The summed E-state index contributed by atoms with van der Waals surface area (Å²) in [6.07, 6.45) is -0.928. The number of pyridine rings is 1. The van der Waals surface area contributed by atoms with Crippen LogP contribution in [-0.4, -0.2) is 59.5 Å². The maximum atomic E-state index is 13.3. The van der Waals surface area contributed by atoms with E-state index in [0.29, 0.717) is 24.1 Å². The van der Waals surface area contributed by atoms with Crippen molar-refractivity contribution in [3.63, 3.8) is 0 Å². The Morgan fingerprint density at radius 3 is 2.54 bits per heavy atom. The number of anilines is 1. The number of fused-ring (bicyclic) bond motifs is 1. The van der Waals surface area contributed by atoms with Crippen molar-refractivity contribution in [2.24, 2.45) is 11.5 Å². The lowest BCUT2D eigenvalue weighted by Gasteiger charge is -2.22. The van der Waals surface area contributed by atoms with Crippen molar-refractivity contribution in [1.82, 2.24) is 15.2 Å². The van der Waals surface area contributed by atoms with E-state index < -0.39 is 35.6 Å². The van der Waals surface area contributed by atoms with Crippen molar-refractivity contribution in [2.75, 3.05) is 25.0 Å². The number of halogens is 3. The van der Waals surface area contributed by atoms with Crippen molar-refractivity contribution in [1.29, 1.82) is 0 Å². The molecule has 0 saturated carbocycles. The van der Waals surface area contributed by atoms with Crippen LogP contribution in [0.15, 0.2) is 60.8 Å². The molecule has 8 nitrogen and oxygen atoms in total. The Morgan fingerprint density at radius 2 is 1.85 bits per heavy atom. The highest BCUT2D eigenvalue weighted by Gasteiger charge is 2.30. The summed E-state index contributed by atoms with van der Waals surface area (Å²) < 4.78 is 39.0. The Hall–Kier alpha value is -3.54. The van der Waals surface area contributed by atoms with E-state index in [2.05, 4.69) is 20.5 Å². The first-order valence-electron chi connectivity index (χ1n) is 12.9. The molecule has 39 heavy (non-hydrogen) atoms. The Labute approximate surface area is 224 Å². The van der Waals surface area contributed by atoms with Gasteiger partial charge in [-0.05, 0) is 62.2 Å². The number of carbonyl (C=O) groups excluding carboxylic acids is 2. The maximum Gasteiger partial charge on any atom is 0.416 e. The number of amides is 2. The monoisotopic (exact) mass is 542 g/mol. The van der Waals surface area contributed by atoms with E-state index in [1.54, 1.807) is 6.07 Å². The van der Waals surface area contributed by atoms with Crippen molar-refractivity contribution in [2.45, 2.75) is 50.0 Å². The van der Waals surface area contributed by atoms with E-state index in [9.17, 15) is 22.8 Å². The maximum absolute atomic E-state index is 13.3. The van der Waals surface area contributed by atoms with Crippen LogP contribution in [0, 0.1) is 0 Å². The lowest BCUT2D eigenvalue weighted by Crippen LogP contribution is -2.51. The number of alkyl halides is 3. The SMILES string of the molecule is NC1CCN(CCC[C@H](N)C(=O)N[C@H](Cc2ccc(C(F)(F)F)cc2)C(=O)Nc2cnc3ccccc3c2)C1. The number of rotatable bonds is 10. The number of hydrogen-bond donors (Lipinski definition) is 4. The summed E-state index contributed by atoms with van der Waals surface area (Å²) in [5, 5.41) is 6.28. The third-order valence-corrected chi connectivity index (χ3v) is 6.85. The molecule has 11 heteroatoms. The molecule has 1 unspecified atom stereocenters. The first kappa shape index (κ1) is 28.5. The van der Waals surface area contributed by atoms with E-state index >= 15 is 0 Å². The zero-order valence-corrected chi connectivity index (χ0v) is 21.5. The lowest BCUT2D eigenvalue weighted by atomic mass is 10.0. The highest BCUT2D eigenvalue weighted by atomic mass is 19.4. The van der Waals surface area contributed by atoms with Crippen LogP contribution in [-0.2, 0) is 22.2 Å². The molecular formula is C28H33F3N6O2. The fourth-order valence-electron chi connectivity index (χ4n) is 4.65. The van der Waals surface area contributed by atoms with Gasteiger partial charge in [0.25, 0.3) is 0 Å². The van der Waals surface area contributed by atoms with Crippen LogP contribution in [0.5, 0.6) is 0 Å². The van der Waals surface area contributed by atoms with Crippen LogP contribution in [0.3, 0.4) is 0 Å². The van der Waals surface area contributed by atoms with Gasteiger partial charge < -0.3 is 27.0 Å². The third-order valence-electron chi connectivity index (χ3n) is 6.85. The van der Waals surface area contributed by atoms with Gasteiger partial charge in [-0.1, -0.05) is 30.3 Å². The molecule has 4 rings (SSSR count). The molecule has 3 aromatic rings. The van der Waals surface area contributed by atoms with Gasteiger partial charge in [0.05, 0.1) is 29.0 Å². The standard InChI is InChI=1S/C28H33F3N6O2/c29-28(30,31)20-9-7-18(8-10-20)14-25(27(39)35-22-15-19-4-1-2-6-24(19)34-16-22)36-26(38)23(33)5-3-12-37-13-11-21(32)17-37/h1-2,4,6-10,15-16,21,23,25H,3,5,11-14,17,32-33H2,(H,35,39)(H,36,38)/t21?,23-,25+/m0/s1. The minimum absolute atomic E-state index is 0.0187. The van der Waals surface area contributed by atoms with Crippen molar-refractivity contribution < 1.29 is 22.8 Å². The molecule has 0 bridgehead atoms. The molecule has 1 fully saturated rings. The van der Waals surface area contributed by atoms with Gasteiger partial charge in [0.15, 0.2) is 0 Å². The van der Waals surface area contributed by atoms with Crippen molar-refractivity contribution in [3.05, 3.63) is 71.9 Å². The summed E-state index contributed by atoms with van der Waals surface area (Å²) in [4.78, 5) is 32.8. The number of nitrogens with zero attached hydrogens (tertiary/aromatic N) is 2. The summed E-state index contributed by atoms with van der Waals surface area (Å²) in [6, 6.07) is 11.9. The second-order valence-electron chi connectivity index (χ2n) is 9.96. The summed E-state index contributed by atoms with van der Waals surface area (Å²) >= 11 is 0. The molecule has 0 radical (unpaired) electrons. The van der Waals surface area contributed by atoms with Crippen LogP contribution in [0.25, 0.3) is 10.9 Å². The van der Waals surface area contributed by atoms with E-state index in [4.69, 9.17) is 11.5 Å². The largest absolute Gasteiger partial charge is 0.416 e. The first-order chi connectivity index (χ1) is 18.6. The number of benzene rings is 2. The Morgan fingerprint density at radius 1 is 1.10 bits per heavy atom. The number of nitrogens with two attached hydrogens (primary N) is 2. The second kappa shape index (κ2) is 12.5. The van der Waals surface area contributed by atoms with Gasteiger partial charge >= 0.3 is 6.18 Å². The van der Waals surface area contributed by atoms with Crippen LogP contribution in [0.4, 0.5) is 18.9 Å². The number of para-hydroxylation sites is 1. The van der Waals surface area contributed by atoms with E-state index in [1.165, 1.54) is 18.3 Å². The van der Waals surface area contributed by atoms with Crippen LogP contribution in [0.2, 0.25) is 0 Å². The predicted molar refractivity (Wildman–Crippen MR) is 144 cm³/mol. The number of aromatic nitrogens is 1. The molecule has 1 aliphatic rings. The van der Waals surface area contributed by atoms with Crippen molar-refractivity contribution in [3.8, 4) is 0 Å². The zero-order chi connectivity index (χ0) is 28.0. The second-order valence-corrected chi connectivity index (χ2v) is 9.96. The van der Waals surface area contributed by atoms with Crippen LogP contribution in [0.1, 0.15) is 30.4 Å². The van der Waals surface area contributed by atoms with Gasteiger partial charge in [-0.25, -0.2) is 0 Å². The summed E-state index contributed by atoms with van der Waals surface area (Å²) in [5.74, 6) is -1.03. The molecule has 1 aliphatic heterocycles. The third kappa shape index (κ3) is 7.98. The summed E-state index contributed by atoms with van der Waals surface area (Å²) in [5.41, 5.74) is 12.9. The molecule has 1 saturated heterocycles. The Bertz CT molecular complexity index is 1280. The fourth-order valence-corrected chi connectivity index (χ4v) is 4.65. The van der Waals surface area contributed by atoms with Gasteiger partial charge in [-0.2, -0.15) is 13.2 Å². The molecule has 0 spiro atoms. The molecule has 2 heterocycles. The van der Waals surface area contributed by atoms with E-state index in [0.717, 1.165) is 49.1 Å². The Kier molecular flexibility index (Phi) is 9.16. The number of nitrogens with one attached hydrogen (secondary N) is 2. The van der Waals surface area contributed by atoms with Gasteiger partial charge in [-0.3, -0.25) is 14.6 Å². The lowest BCUT2D eigenvalue weighted by molar-refractivity contribution is -0.137.